The molecule has 3 rings (SSSR count). The van der Waals surface area contributed by atoms with Crippen LogP contribution in [0.25, 0.3) is 11.2 Å². The third kappa shape index (κ3) is 2.29. The lowest BCUT2D eigenvalue weighted by Gasteiger charge is -2.21. The van der Waals surface area contributed by atoms with E-state index in [4.69, 9.17) is 25.5 Å². The minimum atomic E-state index is -0.591. The second kappa shape index (κ2) is 5.90. The van der Waals surface area contributed by atoms with Gasteiger partial charge in [-0.05, 0) is 0 Å². The van der Waals surface area contributed by atoms with Gasteiger partial charge in [-0.1, -0.05) is 0 Å². The first-order chi connectivity index (χ1) is 10.6. The lowest BCUT2D eigenvalue weighted by Crippen LogP contribution is -2.35. The van der Waals surface area contributed by atoms with Crippen LogP contribution in [0, 0.1) is 0 Å². The zero-order valence-electron chi connectivity index (χ0n) is 11.8. The molecule has 5 N–H and O–H groups in total. The van der Waals surface area contributed by atoms with Gasteiger partial charge in [0.15, 0.2) is 17.7 Å². The topological polar surface area (TPSA) is 144 Å². The molecule has 1 aliphatic heterocycles. The molecule has 0 spiro atoms. The number of hydrogen-bond acceptors (Lipinski definition) is 9. The summed E-state index contributed by atoms with van der Waals surface area (Å²) in [6, 6.07) is 0. The van der Waals surface area contributed by atoms with Gasteiger partial charge in [-0.2, -0.15) is 9.97 Å². The average molecular weight is 328 g/mol. The van der Waals surface area contributed by atoms with Crippen molar-refractivity contribution >= 4 is 32.4 Å². The van der Waals surface area contributed by atoms with E-state index in [1.54, 1.807) is 4.57 Å². The molecule has 2 aromatic heterocycles. The van der Waals surface area contributed by atoms with Gasteiger partial charge in [-0.3, -0.25) is 4.57 Å². The Balaban J connectivity index is 2.07. The molecule has 0 radical (unpaired) electrons. The maximum Gasteiger partial charge on any atom is 0.224 e. The van der Waals surface area contributed by atoms with Gasteiger partial charge < -0.3 is 30.6 Å². The number of aliphatic hydroxyl groups excluding tert-OH is 1. The quantitative estimate of drug-likeness (QED) is 0.606. The summed E-state index contributed by atoms with van der Waals surface area (Å²) in [6.07, 6.45) is -0.540. The monoisotopic (exact) mass is 328 g/mol. The standard InChI is InChI=1S/C11H17N6O4P/c1-19-7-6(21-22)4(2-18)20-10(7)17-3-14-5-8(12)15-11(13)16-9(5)17/h3-4,6-7,10,18H,2,22H2,1H3,(H4,12,13,15,16). The largest absolute Gasteiger partial charge is 0.394 e. The number of methoxy groups -OCH3 is 1. The molecule has 1 saturated heterocycles. The van der Waals surface area contributed by atoms with Gasteiger partial charge in [-0.15, -0.1) is 0 Å². The number of imidazole rings is 1. The van der Waals surface area contributed by atoms with Crippen molar-refractivity contribution in [3.8, 4) is 0 Å². The fourth-order valence-electron chi connectivity index (χ4n) is 2.64. The molecule has 0 aliphatic carbocycles. The molecule has 1 fully saturated rings. The molecule has 120 valence electrons. The summed E-state index contributed by atoms with van der Waals surface area (Å²) < 4.78 is 18.2. The number of ether oxygens (including phenoxy) is 2. The fourth-order valence-corrected chi connectivity index (χ4v) is 2.97. The van der Waals surface area contributed by atoms with E-state index in [-0.39, 0.29) is 18.4 Å². The Kier molecular flexibility index (Phi) is 4.11. The van der Waals surface area contributed by atoms with Gasteiger partial charge in [0.05, 0.1) is 12.9 Å². The van der Waals surface area contributed by atoms with Crippen LogP contribution >= 0.6 is 9.47 Å². The number of aliphatic hydroxyl groups is 1. The Morgan fingerprint density at radius 1 is 1.41 bits per heavy atom. The normalized spacial score (nSPS) is 28.5. The van der Waals surface area contributed by atoms with Gasteiger partial charge in [0, 0.05) is 16.6 Å². The van der Waals surface area contributed by atoms with E-state index in [0.717, 1.165) is 0 Å². The molecule has 0 saturated carbocycles. The van der Waals surface area contributed by atoms with Gasteiger partial charge in [0.1, 0.15) is 23.8 Å². The van der Waals surface area contributed by atoms with Crippen LogP contribution in [0.5, 0.6) is 0 Å². The maximum atomic E-state index is 9.44. The van der Waals surface area contributed by atoms with Crippen molar-refractivity contribution in [3.05, 3.63) is 6.33 Å². The molecule has 22 heavy (non-hydrogen) atoms. The van der Waals surface area contributed by atoms with Crippen molar-refractivity contribution < 1.29 is 19.1 Å². The molecule has 10 nitrogen and oxygen atoms in total. The number of aromatic nitrogens is 4. The summed E-state index contributed by atoms with van der Waals surface area (Å²) in [7, 11) is 3.70. The lowest BCUT2D eigenvalue weighted by molar-refractivity contribution is -0.0583. The van der Waals surface area contributed by atoms with Crippen molar-refractivity contribution in [3.63, 3.8) is 0 Å². The summed E-state index contributed by atoms with van der Waals surface area (Å²) in [5.74, 6) is 0.224. The number of fused-ring (bicyclic) bond motifs is 1. The highest BCUT2D eigenvalue weighted by molar-refractivity contribution is 7.09. The number of nitrogen functional groups attached to an aromatic ring is 2. The molecular weight excluding hydrogens is 311 g/mol. The van der Waals surface area contributed by atoms with E-state index in [1.807, 2.05) is 0 Å². The summed E-state index contributed by atoms with van der Waals surface area (Å²) in [5.41, 5.74) is 12.3. The molecule has 5 atom stereocenters. The predicted molar refractivity (Wildman–Crippen MR) is 80.5 cm³/mol. The molecule has 1 aliphatic rings. The second-order valence-electron chi connectivity index (χ2n) is 4.84. The van der Waals surface area contributed by atoms with Crippen molar-refractivity contribution in [2.75, 3.05) is 25.2 Å². The molecule has 5 unspecified atom stereocenters. The van der Waals surface area contributed by atoms with Gasteiger partial charge in [0.25, 0.3) is 0 Å². The first-order valence-corrected chi connectivity index (χ1v) is 6.98. The Morgan fingerprint density at radius 2 is 2.18 bits per heavy atom. The Bertz CT molecular complexity index is 682. The highest BCUT2D eigenvalue weighted by Gasteiger charge is 2.46. The summed E-state index contributed by atoms with van der Waals surface area (Å²) in [6.45, 7) is -0.207. The van der Waals surface area contributed by atoms with Crippen molar-refractivity contribution in [2.45, 2.75) is 24.5 Å². The minimum absolute atomic E-state index is 0.0382. The van der Waals surface area contributed by atoms with E-state index in [2.05, 4.69) is 24.4 Å². The SMILES string of the molecule is COC1C(OP)C(CO)OC1n1cnc2c(N)nc(N)nc21. The third-order valence-electron chi connectivity index (χ3n) is 3.63. The van der Waals surface area contributed by atoms with Gasteiger partial charge in [-0.25, -0.2) is 4.98 Å². The number of rotatable bonds is 4. The average Bonchev–Trinajstić information content (AvgIpc) is 3.06. The van der Waals surface area contributed by atoms with Crippen molar-refractivity contribution in [1.29, 1.82) is 0 Å². The van der Waals surface area contributed by atoms with Crippen LogP contribution in [0.3, 0.4) is 0 Å². The van der Waals surface area contributed by atoms with Crippen molar-refractivity contribution in [2.24, 2.45) is 0 Å². The Hall–Kier alpha value is -1.58. The number of anilines is 2. The van der Waals surface area contributed by atoms with E-state index in [1.165, 1.54) is 13.4 Å². The van der Waals surface area contributed by atoms with Gasteiger partial charge in [0.2, 0.25) is 5.95 Å². The lowest BCUT2D eigenvalue weighted by atomic mass is 10.1. The van der Waals surface area contributed by atoms with Crippen LogP contribution in [0.2, 0.25) is 0 Å². The molecule has 2 aromatic rings. The molecule has 0 aromatic carbocycles. The summed E-state index contributed by atoms with van der Waals surface area (Å²) >= 11 is 0. The number of hydrogen-bond donors (Lipinski definition) is 3. The van der Waals surface area contributed by atoms with Crippen LogP contribution in [0.4, 0.5) is 11.8 Å². The van der Waals surface area contributed by atoms with E-state index in [9.17, 15) is 5.11 Å². The first kappa shape index (κ1) is 15.3. The van der Waals surface area contributed by atoms with Crippen LogP contribution in [-0.4, -0.2) is 56.7 Å². The smallest absolute Gasteiger partial charge is 0.224 e. The molecule has 11 heteroatoms. The van der Waals surface area contributed by atoms with E-state index in [0.29, 0.717) is 11.2 Å². The predicted octanol–water partition coefficient (Wildman–Crippen LogP) is -0.929. The summed E-state index contributed by atoms with van der Waals surface area (Å²) in [4.78, 5) is 12.2. The first-order valence-electron chi connectivity index (χ1n) is 6.50. The second-order valence-corrected chi connectivity index (χ2v) is 5.11. The zero-order chi connectivity index (χ0) is 15.9. The molecule has 0 amide bonds. The van der Waals surface area contributed by atoms with Crippen LogP contribution < -0.4 is 11.5 Å². The number of nitrogens with zero attached hydrogens (tertiary/aromatic N) is 4. The fraction of sp³-hybridized carbons (Fsp3) is 0.545. The Morgan fingerprint density at radius 3 is 2.82 bits per heavy atom. The molecule has 0 bridgehead atoms. The highest BCUT2D eigenvalue weighted by atomic mass is 31.0. The minimum Gasteiger partial charge on any atom is -0.394 e. The molecular formula is C11H17N6O4P. The third-order valence-corrected chi connectivity index (χ3v) is 3.95. The van der Waals surface area contributed by atoms with Crippen LogP contribution in [0.1, 0.15) is 6.23 Å². The van der Waals surface area contributed by atoms with Crippen molar-refractivity contribution in [1.82, 2.24) is 19.5 Å². The van der Waals surface area contributed by atoms with E-state index >= 15 is 0 Å². The highest BCUT2D eigenvalue weighted by Crippen LogP contribution is 2.36. The molecule has 3 heterocycles. The van der Waals surface area contributed by atoms with E-state index < -0.39 is 24.5 Å². The number of nitrogens with two attached hydrogens (primary N) is 2. The van der Waals surface area contributed by atoms with Crippen LogP contribution in [0.15, 0.2) is 6.33 Å². The van der Waals surface area contributed by atoms with Gasteiger partial charge >= 0.3 is 0 Å². The Labute approximate surface area is 128 Å². The zero-order valence-corrected chi connectivity index (χ0v) is 12.9. The maximum absolute atomic E-state index is 9.44. The summed E-state index contributed by atoms with van der Waals surface area (Å²) in [5, 5.41) is 9.44. The van der Waals surface area contributed by atoms with Crippen LogP contribution in [-0.2, 0) is 14.0 Å².